The van der Waals surface area contributed by atoms with E-state index in [9.17, 15) is 14.4 Å². The van der Waals surface area contributed by atoms with Gasteiger partial charge in [-0.15, -0.1) is 0 Å². The zero-order chi connectivity index (χ0) is 14.7. The van der Waals surface area contributed by atoms with Crippen molar-refractivity contribution in [2.45, 2.75) is 20.1 Å². The van der Waals surface area contributed by atoms with Crippen LogP contribution in [0.5, 0.6) is 0 Å². The molecule has 1 heterocycles. The van der Waals surface area contributed by atoms with E-state index in [1.807, 2.05) is 0 Å². The summed E-state index contributed by atoms with van der Waals surface area (Å²) in [7, 11) is 0. The van der Waals surface area contributed by atoms with Crippen LogP contribution in [-0.2, 0) is 14.3 Å². The molecule has 1 atom stereocenters. The molecule has 0 aromatic heterocycles. The number of hydrogen-bond donors (Lipinski definition) is 0. The van der Waals surface area contributed by atoms with E-state index in [0.29, 0.717) is 0 Å². The van der Waals surface area contributed by atoms with E-state index in [4.69, 9.17) is 9.47 Å². The number of imide groups is 1. The Bertz CT molecular complexity index is 519. The lowest BCUT2D eigenvalue weighted by molar-refractivity contribution is -0.164. The Kier molecular flexibility index (Phi) is 4.14. The van der Waals surface area contributed by atoms with E-state index in [0.717, 1.165) is 4.90 Å². The van der Waals surface area contributed by atoms with Gasteiger partial charge in [0.05, 0.1) is 17.7 Å². The van der Waals surface area contributed by atoms with Crippen LogP contribution >= 0.6 is 0 Å². The summed E-state index contributed by atoms with van der Waals surface area (Å²) >= 11 is 0. The predicted octanol–water partition coefficient (Wildman–Crippen LogP) is 1.21. The van der Waals surface area contributed by atoms with Crippen molar-refractivity contribution in [1.29, 1.82) is 0 Å². The number of rotatable bonds is 5. The van der Waals surface area contributed by atoms with Gasteiger partial charge in [0.1, 0.15) is 0 Å². The highest BCUT2D eigenvalue weighted by molar-refractivity contribution is 6.22. The highest BCUT2D eigenvalue weighted by atomic mass is 16.6. The van der Waals surface area contributed by atoms with Crippen molar-refractivity contribution < 1.29 is 23.9 Å². The van der Waals surface area contributed by atoms with E-state index in [1.165, 1.54) is 0 Å². The predicted molar refractivity (Wildman–Crippen MR) is 69.0 cm³/mol. The van der Waals surface area contributed by atoms with Gasteiger partial charge in [-0.05, 0) is 26.0 Å². The smallest absolute Gasteiger partial charge is 0.357 e. The van der Waals surface area contributed by atoms with E-state index in [1.54, 1.807) is 38.1 Å². The minimum Gasteiger partial charge on any atom is -0.463 e. The number of amides is 2. The molecule has 0 bridgehead atoms. The second kappa shape index (κ2) is 5.83. The monoisotopic (exact) mass is 277 g/mol. The molecule has 1 aliphatic rings. The van der Waals surface area contributed by atoms with Gasteiger partial charge in [0.25, 0.3) is 11.8 Å². The second-order valence-electron chi connectivity index (χ2n) is 4.09. The van der Waals surface area contributed by atoms with Crippen LogP contribution in [0.25, 0.3) is 0 Å². The summed E-state index contributed by atoms with van der Waals surface area (Å²) in [5.74, 6) is -1.84. The number of benzene rings is 1. The standard InChI is InChI=1S/C14H15NO5/c1-3-19-13(14(18)20-4-2)15-11(16)9-7-5-6-8-10(9)12(15)17/h5-8,13H,3-4H2,1-2H3. The Morgan fingerprint density at radius 1 is 1.10 bits per heavy atom. The molecule has 2 rings (SSSR count). The zero-order valence-electron chi connectivity index (χ0n) is 11.3. The fraction of sp³-hybridized carbons (Fsp3) is 0.357. The summed E-state index contributed by atoms with van der Waals surface area (Å²) in [6.07, 6.45) is -1.34. The second-order valence-corrected chi connectivity index (χ2v) is 4.09. The third-order valence-electron chi connectivity index (χ3n) is 2.87. The first kappa shape index (κ1) is 14.2. The number of nitrogens with zero attached hydrogens (tertiary/aromatic N) is 1. The van der Waals surface area contributed by atoms with Crippen LogP contribution < -0.4 is 0 Å². The average molecular weight is 277 g/mol. The van der Waals surface area contributed by atoms with E-state index < -0.39 is 24.0 Å². The van der Waals surface area contributed by atoms with Crippen LogP contribution in [0.4, 0.5) is 0 Å². The third-order valence-corrected chi connectivity index (χ3v) is 2.87. The summed E-state index contributed by atoms with van der Waals surface area (Å²) in [4.78, 5) is 37.2. The van der Waals surface area contributed by atoms with Crippen molar-refractivity contribution in [2.75, 3.05) is 13.2 Å². The number of hydrogen-bond acceptors (Lipinski definition) is 5. The van der Waals surface area contributed by atoms with Gasteiger partial charge in [0.2, 0.25) is 6.23 Å². The molecule has 1 aromatic carbocycles. The average Bonchev–Trinajstić information content (AvgIpc) is 2.70. The Balaban J connectivity index is 2.34. The maximum Gasteiger partial charge on any atom is 0.357 e. The van der Waals surface area contributed by atoms with Crippen molar-refractivity contribution in [2.24, 2.45) is 0 Å². The third kappa shape index (κ3) is 2.30. The molecule has 0 N–H and O–H groups in total. The van der Waals surface area contributed by atoms with Gasteiger partial charge in [0.15, 0.2) is 0 Å². The Labute approximate surface area is 116 Å². The molecule has 1 unspecified atom stereocenters. The van der Waals surface area contributed by atoms with Gasteiger partial charge in [0, 0.05) is 6.61 Å². The molecule has 6 heteroatoms. The highest BCUT2D eigenvalue weighted by Crippen LogP contribution is 2.25. The van der Waals surface area contributed by atoms with Gasteiger partial charge in [-0.3, -0.25) is 9.59 Å². The van der Waals surface area contributed by atoms with Crippen LogP contribution in [0.3, 0.4) is 0 Å². The van der Waals surface area contributed by atoms with Gasteiger partial charge in [-0.2, -0.15) is 0 Å². The molecule has 0 saturated carbocycles. The van der Waals surface area contributed by atoms with Crippen LogP contribution in [-0.4, -0.2) is 42.1 Å². The minimum atomic E-state index is -1.34. The van der Waals surface area contributed by atoms with Gasteiger partial charge in [-0.25, -0.2) is 9.69 Å². The van der Waals surface area contributed by atoms with Crippen molar-refractivity contribution in [3.8, 4) is 0 Å². The van der Waals surface area contributed by atoms with E-state index in [2.05, 4.69) is 0 Å². The summed E-state index contributed by atoms with van der Waals surface area (Å²) in [6.45, 7) is 3.64. The lowest BCUT2D eigenvalue weighted by Gasteiger charge is -2.23. The van der Waals surface area contributed by atoms with E-state index >= 15 is 0 Å². The topological polar surface area (TPSA) is 72.9 Å². The zero-order valence-corrected chi connectivity index (χ0v) is 11.3. The van der Waals surface area contributed by atoms with Crippen molar-refractivity contribution in [3.63, 3.8) is 0 Å². The van der Waals surface area contributed by atoms with Gasteiger partial charge >= 0.3 is 5.97 Å². The van der Waals surface area contributed by atoms with Crippen LogP contribution in [0, 0.1) is 0 Å². The molecule has 0 fully saturated rings. The Morgan fingerprint density at radius 3 is 2.10 bits per heavy atom. The summed E-state index contributed by atoms with van der Waals surface area (Å²) in [6, 6.07) is 6.41. The quantitative estimate of drug-likeness (QED) is 0.597. The number of esters is 1. The molecule has 1 aromatic rings. The van der Waals surface area contributed by atoms with Gasteiger partial charge in [-0.1, -0.05) is 12.1 Å². The molecule has 0 radical (unpaired) electrons. The maximum absolute atomic E-state index is 12.2. The summed E-state index contributed by atoms with van der Waals surface area (Å²) in [5, 5.41) is 0. The number of carbonyl (C=O) groups excluding carboxylic acids is 3. The molecule has 106 valence electrons. The normalized spacial score (nSPS) is 15.2. The Morgan fingerprint density at radius 2 is 1.65 bits per heavy atom. The molecule has 0 aliphatic carbocycles. The Hall–Kier alpha value is -2.21. The summed E-state index contributed by atoms with van der Waals surface area (Å²) in [5.41, 5.74) is 0.540. The maximum atomic E-state index is 12.2. The van der Waals surface area contributed by atoms with Crippen LogP contribution in [0.15, 0.2) is 24.3 Å². The molecule has 0 saturated heterocycles. The SMILES string of the molecule is CCOC(=O)C(OCC)N1C(=O)c2ccccc2C1=O. The highest BCUT2D eigenvalue weighted by Gasteiger charge is 2.43. The molecule has 6 nitrogen and oxygen atoms in total. The van der Waals surface area contributed by atoms with Gasteiger partial charge < -0.3 is 9.47 Å². The lowest BCUT2D eigenvalue weighted by Crippen LogP contribution is -2.47. The molecule has 2 amide bonds. The first-order chi connectivity index (χ1) is 9.61. The first-order valence-electron chi connectivity index (χ1n) is 6.37. The fourth-order valence-corrected chi connectivity index (χ4v) is 2.04. The fourth-order valence-electron chi connectivity index (χ4n) is 2.04. The first-order valence-corrected chi connectivity index (χ1v) is 6.37. The largest absolute Gasteiger partial charge is 0.463 e. The lowest BCUT2D eigenvalue weighted by atomic mass is 10.1. The molecule has 1 aliphatic heterocycles. The van der Waals surface area contributed by atoms with Crippen molar-refractivity contribution in [3.05, 3.63) is 35.4 Å². The number of fused-ring (bicyclic) bond motifs is 1. The van der Waals surface area contributed by atoms with E-state index in [-0.39, 0.29) is 24.3 Å². The number of carbonyl (C=O) groups is 3. The minimum absolute atomic E-state index is 0.144. The molecular formula is C14H15NO5. The molecule has 0 spiro atoms. The van der Waals surface area contributed by atoms with Crippen LogP contribution in [0.2, 0.25) is 0 Å². The van der Waals surface area contributed by atoms with Crippen LogP contribution in [0.1, 0.15) is 34.6 Å². The number of ether oxygens (including phenoxy) is 2. The van der Waals surface area contributed by atoms with Crippen molar-refractivity contribution >= 4 is 17.8 Å². The molecular weight excluding hydrogens is 262 g/mol. The molecule has 20 heavy (non-hydrogen) atoms. The summed E-state index contributed by atoms with van der Waals surface area (Å²) < 4.78 is 10.1. The van der Waals surface area contributed by atoms with Crippen molar-refractivity contribution in [1.82, 2.24) is 4.90 Å².